The van der Waals surface area contributed by atoms with Crippen LogP contribution in [0.15, 0.2) is 36.4 Å². The topological polar surface area (TPSA) is 24.9 Å². The molecule has 2 rings (SSSR count). The van der Waals surface area contributed by atoms with Crippen LogP contribution in [0.3, 0.4) is 0 Å². The van der Waals surface area contributed by atoms with Crippen LogP contribution in [0.4, 0.5) is 0 Å². The molecule has 0 aliphatic rings. The molecule has 1 aromatic carbocycles. The molecule has 0 amide bonds. The lowest BCUT2D eigenvalue weighted by molar-refractivity contribution is 0.464. The van der Waals surface area contributed by atoms with Gasteiger partial charge in [0.2, 0.25) is 0 Å². The summed E-state index contributed by atoms with van der Waals surface area (Å²) in [5.41, 5.74) is 2.31. The Labute approximate surface area is 122 Å². The van der Waals surface area contributed by atoms with E-state index >= 15 is 0 Å². The van der Waals surface area contributed by atoms with Gasteiger partial charge in [0, 0.05) is 23.5 Å². The van der Waals surface area contributed by atoms with Gasteiger partial charge in [0.15, 0.2) is 0 Å². The van der Waals surface area contributed by atoms with Crippen LogP contribution in [0, 0.1) is 0 Å². The predicted molar refractivity (Wildman–Crippen MR) is 87.1 cm³/mol. The molecule has 2 heteroatoms. The third-order valence-corrected chi connectivity index (χ3v) is 3.76. The number of nitrogens with one attached hydrogen (secondary N) is 1. The number of likely N-dealkylation sites (N-methyl/N-ethyl adjacent to an activating group) is 1. The monoisotopic (exact) mass is 270 g/mol. The van der Waals surface area contributed by atoms with Crippen molar-refractivity contribution in [2.24, 2.45) is 0 Å². The van der Waals surface area contributed by atoms with E-state index < -0.39 is 0 Å². The number of nitrogens with zero attached hydrogens (tertiary/aromatic N) is 1. The second-order valence-corrected chi connectivity index (χ2v) is 5.45. The van der Waals surface area contributed by atoms with Crippen LogP contribution in [-0.2, 0) is 6.42 Å². The number of aromatic nitrogens is 1. The van der Waals surface area contributed by atoms with Crippen molar-refractivity contribution in [2.75, 3.05) is 6.54 Å². The average Bonchev–Trinajstić information content (AvgIpc) is 2.47. The zero-order valence-electron chi connectivity index (χ0n) is 12.7. The second-order valence-electron chi connectivity index (χ2n) is 5.45. The molecule has 1 aromatic heterocycles. The van der Waals surface area contributed by atoms with Gasteiger partial charge in [-0.2, -0.15) is 0 Å². The summed E-state index contributed by atoms with van der Waals surface area (Å²) in [6.07, 6.45) is 6.19. The van der Waals surface area contributed by atoms with Crippen molar-refractivity contribution in [2.45, 2.75) is 52.0 Å². The average molecular weight is 270 g/mol. The number of fused-ring (bicyclic) bond motifs is 1. The molecule has 2 aromatic rings. The highest BCUT2D eigenvalue weighted by Gasteiger charge is 2.09. The van der Waals surface area contributed by atoms with E-state index in [9.17, 15) is 0 Å². The first-order chi connectivity index (χ1) is 9.83. The van der Waals surface area contributed by atoms with Crippen LogP contribution in [0.25, 0.3) is 10.9 Å². The van der Waals surface area contributed by atoms with Gasteiger partial charge in [-0.3, -0.25) is 4.98 Å². The molecule has 1 atom stereocenters. The van der Waals surface area contributed by atoms with Crippen molar-refractivity contribution >= 4 is 10.9 Å². The summed E-state index contributed by atoms with van der Waals surface area (Å²) < 4.78 is 0. The van der Waals surface area contributed by atoms with E-state index in [1.165, 1.54) is 36.8 Å². The number of hydrogen-bond donors (Lipinski definition) is 1. The Morgan fingerprint density at radius 3 is 2.70 bits per heavy atom. The van der Waals surface area contributed by atoms with Crippen molar-refractivity contribution in [1.29, 1.82) is 0 Å². The van der Waals surface area contributed by atoms with Gasteiger partial charge in [-0.15, -0.1) is 0 Å². The number of benzene rings is 1. The number of para-hydroxylation sites is 1. The molecule has 1 unspecified atom stereocenters. The highest BCUT2D eigenvalue weighted by Crippen LogP contribution is 2.14. The first kappa shape index (κ1) is 15.0. The Hall–Kier alpha value is -1.41. The summed E-state index contributed by atoms with van der Waals surface area (Å²) in [6, 6.07) is 13.3. The summed E-state index contributed by atoms with van der Waals surface area (Å²) in [4.78, 5) is 4.79. The smallest absolute Gasteiger partial charge is 0.0705 e. The Bertz CT molecular complexity index is 522. The Morgan fingerprint density at radius 1 is 1.05 bits per heavy atom. The molecule has 0 saturated heterocycles. The number of unbranched alkanes of at least 4 members (excludes halogenated alkanes) is 2. The quantitative estimate of drug-likeness (QED) is 0.722. The maximum Gasteiger partial charge on any atom is 0.0705 e. The highest BCUT2D eigenvalue weighted by atomic mass is 14.9. The maximum atomic E-state index is 4.79. The first-order valence-electron chi connectivity index (χ1n) is 7.91. The van der Waals surface area contributed by atoms with Crippen molar-refractivity contribution in [3.63, 3.8) is 0 Å². The summed E-state index contributed by atoms with van der Waals surface area (Å²) in [6.45, 7) is 5.47. The SMILES string of the molecule is CCCCCC(Cc1ccc2ccccc2n1)NCC. The van der Waals surface area contributed by atoms with Gasteiger partial charge in [0.25, 0.3) is 0 Å². The fraction of sp³-hybridized carbons (Fsp3) is 0.500. The number of hydrogen-bond acceptors (Lipinski definition) is 2. The van der Waals surface area contributed by atoms with Gasteiger partial charge in [0.1, 0.15) is 0 Å². The molecule has 0 bridgehead atoms. The molecule has 0 saturated carbocycles. The van der Waals surface area contributed by atoms with Crippen molar-refractivity contribution in [3.05, 3.63) is 42.1 Å². The fourth-order valence-corrected chi connectivity index (χ4v) is 2.68. The van der Waals surface area contributed by atoms with Gasteiger partial charge < -0.3 is 5.32 Å². The number of rotatable bonds is 8. The standard InChI is InChI=1S/C18H26N2/c1-3-5-6-10-16(19-4-2)14-17-13-12-15-9-7-8-11-18(15)20-17/h7-9,11-13,16,19H,3-6,10,14H2,1-2H3. The molecule has 0 aliphatic carbocycles. The molecule has 1 N–H and O–H groups in total. The Kier molecular flexibility index (Phi) is 6.00. The lowest BCUT2D eigenvalue weighted by atomic mass is 10.0. The van der Waals surface area contributed by atoms with E-state index in [-0.39, 0.29) is 0 Å². The van der Waals surface area contributed by atoms with Crippen molar-refractivity contribution in [3.8, 4) is 0 Å². The first-order valence-corrected chi connectivity index (χ1v) is 7.91. The maximum absolute atomic E-state index is 4.79. The van der Waals surface area contributed by atoms with Gasteiger partial charge in [-0.1, -0.05) is 57.4 Å². The van der Waals surface area contributed by atoms with Crippen LogP contribution >= 0.6 is 0 Å². The molecule has 20 heavy (non-hydrogen) atoms. The van der Waals surface area contributed by atoms with Crippen LogP contribution < -0.4 is 5.32 Å². The third-order valence-electron chi connectivity index (χ3n) is 3.76. The third kappa shape index (κ3) is 4.31. The molecule has 0 fully saturated rings. The lowest BCUT2D eigenvalue weighted by Crippen LogP contribution is -2.31. The van der Waals surface area contributed by atoms with Crippen molar-refractivity contribution in [1.82, 2.24) is 10.3 Å². The zero-order chi connectivity index (χ0) is 14.2. The molecule has 2 nitrogen and oxygen atoms in total. The van der Waals surface area contributed by atoms with Crippen LogP contribution in [0.2, 0.25) is 0 Å². The summed E-state index contributed by atoms with van der Waals surface area (Å²) in [5, 5.41) is 4.82. The Morgan fingerprint density at radius 2 is 1.90 bits per heavy atom. The molecular formula is C18H26N2. The predicted octanol–water partition coefficient (Wildman–Crippen LogP) is 4.34. The van der Waals surface area contributed by atoms with Gasteiger partial charge in [0.05, 0.1) is 5.52 Å². The number of pyridine rings is 1. The Balaban J connectivity index is 2.03. The minimum absolute atomic E-state index is 0.556. The summed E-state index contributed by atoms with van der Waals surface area (Å²) in [7, 11) is 0. The zero-order valence-corrected chi connectivity index (χ0v) is 12.7. The summed E-state index contributed by atoms with van der Waals surface area (Å²) in [5.74, 6) is 0. The van der Waals surface area contributed by atoms with E-state index in [0.29, 0.717) is 6.04 Å². The highest BCUT2D eigenvalue weighted by molar-refractivity contribution is 5.78. The second kappa shape index (κ2) is 8.01. The largest absolute Gasteiger partial charge is 0.314 e. The van der Waals surface area contributed by atoms with E-state index in [1.807, 2.05) is 0 Å². The lowest BCUT2D eigenvalue weighted by Gasteiger charge is -2.17. The fourth-order valence-electron chi connectivity index (χ4n) is 2.68. The van der Waals surface area contributed by atoms with Gasteiger partial charge >= 0.3 is 0 Å². The molecular weight excluding hydrogens is 244 g/mol. The van der Waals surface area contributed by atoms with Gasteiger partial charge in [-0.05, 0) is 25.1 Å². The van der Waals surface area contributed by atoms with E-state index in [4.69, 9.17) is 4.98 Å². The van der Waals surface area contributed by atoms with Crippen molar-refractivity contribution < 1.29 is 0 Å². The summed E-state index contributed by atoms with van der Waals surface area (Å²) >= 11 is 0. The molecule has 0 spiro atoms. The minimum Gasteiger partial charge on any atom is -0.314 e. The van der Waals surface area contributed by atoms with Gasteiger partial charge in [-0.25, -0.2) is 0 Å². The molecule has 0 aliphatic heterocycles. The molecule has 1 heterocycles. The van der Waals surface area contributed by atoms with E-state index in [0.717, 1.165) is 18.5 Å². The normalized spacial score (nSPS) is 12.7. The van der Waals surface area contributed by atoms with Crippen LogP contribution in [-0.4, -0.2) is 17.6 Å². The molecule has 108 valence electrons. The molecule has 0 radical (unpaired) electrons. The van der Waals surface area contributed by atoms with E-state index in [2.05, 4.69) is 55.6 Å². The van der Waals surface area contributed by atoms with Crippen LogP contribution in [0.5, 0.6) is 0 Å². The van der Waals surface area contributed by atoms with E-state index in [1.54, 1.807) is 0 Å². The van der Waals surface area contributed by atoms with Crippen LogP contribution in [0.1, 0.15) is 45.2 Å². The minimum atomic E-state index is 0.556.